The largest absolute Gasteiger partial charge is 0.498 e. The second-order valence-corrected chi connectivity index (χ2v) is 9.03. The van der Waals surface area contributed by atoms with Crippen LogP contribution in [0.4, 0.5) is 4.39 Å². The summed E-state index contributed by atoms with van der Waals surface area (Å²) in [6.07, 6.45) is 0.0792. The number of ether oxygens (including phenoxy) is 1. The Morgan fingerprint density at radius 3 is 2.28 bits per heavy atom. The first kappa shape index (κ1) is 20.4. The number of benzene rings is 1. The van der Waals surface area contributed by atoms with E-state index in [1.807, 2.05) is 48.6 Å². The molecule has 2 fully saturated rings. The quantitative estimate of drug-likeness (QED) is 0.798. The van der Waals surface area contributed by atoms with Crippen LogP contribution in [0, 0.1) is 19.7 Å². The van der Waals surface area contributed by atoms with E-state index in [1.165, 1.54) is 0 Å². The molecule has 2 aromatic rings. The maximum absolute atomic E-state index is 15.8. The van der Waals surface area contributed by atoms with E-state index in [-0.39, 0.29) is 11.9 Å². The summed E-state index contributed by atoms with van der Waals surface area (Å²) in [5, 5.41) is 7.65. The molecule has 0 radical (unpaired) electrons. The Balaban J connectivity index is 1.83. The lowest BCUT2D eigenvalue weighted by atomic mass is 9.77. The van der Waals surface area contributed by atoms with Gasteiger partial charge in [-0.25, -0.2) is 4.39 Å². The third kappa shape index (κ3) is 3.37. The lowest BCUT2D eigenvalue weighted by Gasteiger charge is -2.32. The van der Waals surface area contributed by atoms with Crippen LogP contribution in [0.2, 0.25) is 0 Å². The first-order valence-electron chi connectivity index (χ1n) is 10.1. The molecule has 0 bridgehead atoms. The molecule has 1 aromatic carbocycles. The van der Waals surface area contributed by atoms with E-state index in [2.05, 4.69) is 10.4 Å². The van der Waals surface area contributed by atoms with Gasteiger partial charge in [0.25, 0.3) is 0 Å². The number of hydrogen-bond acceptors (Lipinski definition) is 5. The van der Waals surface area contributed by atoms with Crippen molar-refractivity contribution in [3.63, 3.8) is 0 Å². The van der Waals surface area contributed by atoms with Gasteiger partial charge in [0.2, 0.25) is 0 Å². The van der Waals surface area contributed by atoms with Gasteiger partial charge in [0.05, 0.1) is 16.9 Å². The smallest absolute Gasteiger partial charge is 0.488 e. The van der Waals surface area contributed by atoms with Gasteiger partial charge in [-0.15, -0.1) is 0 Å². The molecule has 0 spiro atoms. The second kappa shape index (κ2) is 6.82. The molecule has 0 atom stereocenters. The van der Waals surface area contributed by atoms with Crippen molar-refractivity contribution in [3.8, 4) is 16.9 Å². The van der Waals surface area contributed by atoms with E-state index in [0.717, 1.165) is 30.0 Å². The molecule has 6 nitrogen and oxygen atoms in total. The summed E-state index contributed by atoms with van der Waals surface area (Å²) >= 11 is 0. The lowest BCUT2D eigenvalue weighted by Crippen LogP contribution is -2.50. The van der Waals surface area contributed by atoms with Crippen LogP contribution < -0.4 is 15.5 Å². The van der Waals surface area contributed by atoms with Crippen LogP contribution in [-0.2, 0) is 16.4 Å². The van der Waals surface area contributed by atoms with E-state index in [9.17, 15) is 0 Å². The summed E-state index contributed by atoms with van der Waals surface area (Å²) < 4.78 is 36.0. The standard InChI is InChI=1S/C21H29BFN3O3/c1-12-18(13(2)26(7)25-12)16-8-14(27-15-10-24-11-15)9-17(19(16)23)22-28-20(3,4)21(5,6)29-22/h8-9,15,24H,10-11H2,1-7H3. The molecular weight excluding hydrogens is 372 g/mol. The van der Waals surface area contributed by atoms with Crippen molar-refractivity contribution < 1.29 is 18.4 Å². The van der Waals surface area contributed by atoms with Crippen LogP contribution in [0.15, 0.2) is 12.1 Å². The molecule has 0 aliphatic carbocycles. The van der Waals surface area contributed by atoms with Crippen molar-refractivity contribution in [1.82, 2.24) is 15.1 Å². The molecule has 156 valence electrons. The van der Waals surface area contributed by atoms with Gasteiger partial charge >= 0.3 is 7.12 Å². The number of rotatable bonds is 4. The summed E-state index contributed by atoms with van der Waals surface area (Å²) in [7, 11) is 1.05. The molecule has 29 heavy (non-hydrogen) atoms. The average Bonchev–Trinajstić information content (AvgIpc) is 2.95. The van der Waals surface area contributed by atoms with Crippen LogP contribution in [0.25, 0.3) is 11.1 Å². The number of halogens is 1. The Labute approximate surface area is 171 Å². The normalized spacial score (nSPS) is 20.8. The highest BCUT2D eigenvalue weighted by Crippen LogP contribution is 2.38. The highest BCUT2D eigenvalue weighted by molar-refractivity contribution is 6.62. The number of aromatic nitrogens is 2. The Bertz CT molecular complexity index is 937. The molecule has 0 saturated carbocycles. The summed E-state index contributed by atoms with van der Waals surface area (Å²) in [5.41, 5.74) is 2.14. The fraction of sp³-hybridized carbons (Fsp3) is 0.571. The highest BCUT2D eigenvalue weighted by atomic mass is 19.1. The molecule has 0 amide bonds. The van der Waals surface area contributed by atoms with Crippen molar-refractivity contribution in [2.45, 2.75) is 58.8 Å². The van der Waals surface area contributed by atoms with Crippen molar-refractivity contribution in [1.29, 1.82) is 0 Å². The van der Waals surface area contributed by atoms with Gasteiger partial charge in [-0.1, -0.05) is 0 Å². The fourth-order valence-electron chi connectivity index (χ4n) is 3.71. The van der Waals surface area contributed by atoms with Crippen molar-refractivity contribution in [3.05, 3.63) is 29.3 Å². The Morgan fingerprint density at radius 1 is 1.17 bits per heavy atom. The van der Waals surface area contributed by atoms with Crippen LogP contribution in [0.3, 0.4) is 0 Å². The zero-order chi connectivity index (χ0) is 21.1. The predicted octanol–water partition coefficient (Wildman–Crippen LogP) is 2.49. The highest BCUT2D eigenvalue weighted by Gasteiger charge is 2.52. The van der Waals surface area contributed by atoms with Crippen molar-refractivity contribution >= 4 is 12.6 Å². The zero-order valence-corrected chi connectivity index (χ0v) is 18.2. The Morgan fingerprint density at radius 2 is 1.79 bits per heavy atom. The molecule has 2 saturated heterocycles. The second-order valence-electron chi connectivity index (χ2n) is 9.03. The summed E-state index contributed by atoms with van der Waals surface area (Å²) in [5.74, 6) is 0.252. The lowest BCUT2D eigenvalue weighted by molar-refractivity contribution is 0.00578. The molecule has 2 aliphatic heterocycles. The fourth-order valence-corrected chi connectivity index (χ4v) is 3.71. The molecule has 4 rings (SSSR count). The number of nitrogens with one attached hydrogen (secondary N) is 1. The van der Waals surface area contributed by atoms with E-state index < -0.39 is 18.3 Å². The van der Waals surface area contributed by atoms with Crippen LogP contribution in [-0.4, -0.2) is 47.3 Å². The molecule has 2 aliphatic rings. The molecule has 3 heterocycles. The summed E-state index contributed by atoms with van der Waals surface area (Å²) in [4.78, 5) is 0. The van der Waals surface area contributed by atoms with Gasteiger partial charge in [-0.3, -0.25) is 4.68 Å². The molecule has 1 aromatic heterocycles. The van der Waals surface area contributed by atoms with Gasteiger partial charge < -0.3 is 19.4 Å². The van der Waals surface area contributed by atoms with Gasteiger partial charge in [0.15, 0.2) is 0 Å². The van der Waals surface area contributed by atoms with Gasteiger partial charge in [0.1, 0.15) is 17.7 Å². The predicted molar refractivity (Wildman–Crippen MR) is 111 cm³/mol. The molecule has 8 heteroatoms. The van der Waals surface area contributed by atoms with Gasteiger partial charge in [-0.2, -0.15) is 5.10 Å². The minimum Gasteiger partial charge on any atom is -0.488 e. The maximum atomic E-state index is 15.8. The molecular formula is C21H29BFN3O3. The SMILES string of the molecule is Cc1nn(C)c(C)c1-c1cc(OC2CNC2)cc(B2OC(C)(C)C(C)(C)O2)c1F. The maximum Gasteiger partial charge on any atom is 0.498 e. The van der Waals surface area contributed by atoms with Crippen molar-refractivity contribution in [2.24, 2.45) is 7.05 Å². The average molecular weight is 401 g/mol. The van der Waals surface area contributed by atoms with E-state index in [4.69, 9.17) is 14.0 Å². The van der Waals surface area contributed by atoms with Crippen LogP contribution in [0.5, 0.6) is 5.75 Å². The number of hydrogen-bond donors (Lipinski definition) is 1. The summed E-state index contributed by atoms with van der Waals surface area (Å²) in [6, 6.07) is 3.47. The van der Waals surface area contributed by atoms with Crippen LogP contribution >= 0.6 is 0 Å². The van der Waals surface area contributed by atoms with E-state index >= 15 is 4.39 Å². The zero-order valence-electron chi connectivity index (χ0n) is 18.2. The minimum absolute atomic E-state index is 0.0792. The molecule has 1 N–H and O–H groups in total. The van der Waals surface area contributed by atoms with E-state index in [1.54, 1.807) is 16.8 Å². The minimum atomic E-state index is -0.806. The Hall–Kier alpha value is -1.90. The number of aryl methyl sites for hydroxylation is 2. The van der Waals surface area contributed by atoms with E-state index in [0.29, 0.717) is 16.8 Å². The van der Waals surface area contributed by atoms with Crippen LogP contribution in [0.1, 0.15) is 39.1 Å². The Kier molecular flexibility index (Phi) is 4.80. The van der Waals surface area contributed by atoms with Gasteiger partial charge in [0, 0.05) is 42.4 Å². The molecule has 0 unspecified atom stereocenters. The third-order valence-electron chi connectivity index (χ3n) is 6.41. The topological polar surface area (TPSA) is 57.5 Å². The monoisotopic (exact) mass is 401 g/mol. The first-order chi connectivity index (χ1) is 13.5. The summed E-state index contributed by atoms with van der Waals surface area (Å²) in [6.45, 7) is 13.2. The van der Waals surface area contributed by atoms with Gasteiger partial charge in [-0.05, 0) is 53.7 Å². The number of nitrogens with zero attached hydrogens (tertiary/aromatic N) is 2. The first-order valence-corrected chi connectivity index (χ1v) is 10.1. The third-order valence-corrected chi connectivity index (χ3v) is 6.41. The van der Waals surface area contributed by atoms with Crippen molar-refractivity contribution in [2.75, 3.05) is 13.1 Å².